The molecule has 3 rings (SSSR count). The summed E-state index contributed by atoms with van der Waals surface area (Å²) in [5, 5.41) is 10.6. The van der Waals surface area contributed by atoms with Gasteiger partial charge in [-0.2, -0.15) is 0 Å². The van der Waals surface area contributed by atoms with E-state index in [0.717, 1.165) is 76.8 Å². The molecule has 22 heavy (non-hydrogen) atoms. The van der Waals surface area contributed by atoms with Crippen molar-refractivity contribution in [2.45, 2.75) is 13.1 Å². The first kappa shape index (κ1) is 15.6. The minimum absolute atomic E-state index is 0.382. The van der Waals surface area contributed by atoms with Crippen LogP contribution in [-0.4, -0.2) is 67.5 Å². The van der Waals surface area contributed by atoms with Gasteiger partial charge >= 0.3 is 0 Å². The first-order chi connectivity index (χ1) is 10.7. The molecule has 0 saturated carbocycles. The number of nitrogens with zero attached hydrogens (tertiary/aromatic N) is 2. The summed E-state index contributed by atoms with van der Waals surface area (Å²) in [5.74, 6) is 0.382. The number of phenolic OH excluding ortho intramolecular Hbond substituents is 1. The fourth-order valence-electron chi connectivity index (χ4n) is 3.03. The summed E-state index contributed by atoms with van der Waals surface area (Å²) >= 11 is 0. The maximum atomic E-state index is 10.6. The molecule has 2 aliphatic rings. The van der Waals surface area contributed by atoms with Crippen molar-refractivity contribution in [1.29, 1.82) is 0 Å². The van der Waals surface area contributed by atoms with Gasteiger partial charge in [0.15, 0.2) is 0 Å². The van der Waals surface area contributed by atoms with Gasteiger partial charge in [0.05, 0.1) is 26.4 Å². The van der Waals surface area contributed by atoms with Gasteiger partial charge in [-0.15, -0.1) is 0 Å². The third-order valence-corrected chi connectivity index (χ3v) is 4.29. The van der Waals surface area contributed by atoms with E-state index in [9.17, 15) is 5.11 Å². The number of benzene rings is 1. The average Bonchev–Trinajstić information content (AvgIpc) is 2.54. The van der Waals surface area contributed by atoms with Gasteiger partial charge in [0.2, 0.25) is 0 Å². The van der Waals surface area contributed by atoms with Crippen molar-refractivity contribution in [3.8, 4) is 5.75 Å². The summed E-state index contributed by atoms with van der Waals surface area (Å²) in [6.45, 7) is 8.04. The molecule has 6 nitrogen and oxygen atoms in total. The normalized spacial score (nSPS) is 21.1. The summed E-state index contributed by atoms with van der Waals surface area (Å²) in [7, 11) is 0. The van der Waals surface area contributed by atoms with Crippen LogP contribution in [0.15, 0.2) is 12.1 Å². The fraction of sp³-hybridized carbons (Fsp3) is 0.625. The Morgan fingerprint density at radius 1 is 0.864 bits per heavy atom. The Bertz CT molecular complexity index is 456. The summed E-state index contributed by atoms with van der Waals surface area (Å²) < 4.78 is 10.7. The molecule has 0 aliphatic carbocycles. The van der Waals surface area contributed by atoms with Crippen LogP contribution in [0, 0.1) is 0 Å². The molecule has 1 aromatic carbocycles. The number of aromatic hydroxyl groups is 1. The number of anilines is 1. The van der Waals surface area contributed by atoms with Crippen molar-refractivity contribution >= 4 is 5.69 Å². The predicted octanol–water partition coefficient (Wildman–Crippen LogP) is 0.639. The van der Waals surface area contributed by atoms with Crippen molar-refractivity contribution in [2.24, 2.45) is 0 Å². The highest BCUT2D eigenvalue weighted by Gasteiger charge is 2.18. The van der Waals surface area contributed by atoms with Gasteiger partial charge in [0, 0.05) is 56.1 Å². The Balaban J connectivity index is 1.72. The van der Waals surface area contributed by atoms with Crippen molar-refractivity contribution in [3.63, 3.8) is 0 Å². The second-order valence-electron chi connectivity index (χ2n) is 5.96. The highest BCUT2D eigenvalue weighted by Crippen LogP contribution is 2.28. The van der Waals surface area contributed by atoms with Crippen LogP contribution in [0.1, 0.15) is 11.1 Å². The molecule has 1 aromatic rings. The van der Waals surface area contributed by atoms with E-state index < -0.39 is 0 Å². The highest BCUT2D eigenvalue weighted by atomic mass is 16.5. The molecule has 0 radical (unpaired) electrons. The third kappa shape index (κ3) is 3.89. The van der Waals surface area contributed by atoms with Gasteiger partial charge in [-0.3, -0.25) is 9.80 Å². The van der Waals surface area contributed by atoms with Gasteiger partial charge in [0.25, 0.3) is 0 Å². The third-order valence-electron chi connectivity index (χ3n) is 4.29. The monoisotopic (exact) mass is 307 g/mol. The number of phenols is 1. The van der Waals surface area contributed by atoms with Gasteiger partial charge in [-0.25, -0.2) is 0 Å². The molecule has 0 bridgehead atoms. The second kappa shape index (κ2) is 7.28. The van der Waals surface area contributed by atoms with Crippen LogP contribution >= 0.6 is 0 Å². The minimum atomic E-state index is 0.382. The van der Waals surface area contributed by atoms with Gasteiger partial charge in [0.1, 0.15) is 5.75 Å². The number of rotatable bonds is 4. The molecular formula is C16H25N3O3. The van der Waals surface area contributed by atoms with E-state index in [1.54, 1.807) is 0 Å². The maximum absolute atomic E-state index is 10.6. The van der Waals surface area contributed by atoms with Crippen LogP contribution < -0.4 is 5.73 Å². The number of hydrogen-bond acceptors (Lipinski definition) is 6. The number of hydrogen-bond donors (Lipinski definition) is 2. The first-order valence-corrected chi connectivity index (χ1v) is 7.93. The Hall–Kier alpha value is -1.34. The van der Waals surface area contributed by atoms with Gasteiger partial charge < -0.3 is 20.3 Å². The minimum Gasteiger partial charge on any atom is -0.507 e. The quantitative estimate of drug-likeness (QED) is 0.628. The molecule has 2 aliphatic heterocycles. The molecule has 0 aromatic heterocycles. The molecule has 122 valence electrons. The van der Waals surface area contributed by atoms with E-state index in [-0.39, 0.29) is 0 Å². The lowest BCUT2D eigenvalue weighted by Crippen LogP contribution is -2.36. The summed E-state index contributed by atoms with van der Waals surface area (Å²) in [4.78, 5) is 4.58. The number of nitrogens with two attached hydrogens (primary N) is 1. The van der Waals surface area contributed by atoms with Crippen molar-refractivity contribution in [1.82, 2.24) is 9.80 Å². The van der Waals surface area contributed by atoms with Gasteiger partial charge in [-0.1, -0.05) is 0 Å². The molecule has 0 amide bonds. The van der Waals surface area contributed by atoms with Crippen LogP contribution in [0.3, 0.4) is 0 Å². The smallest absolute Gasteiger partial charge is 0.124 e. The Morgan fingerprint density at radius 2 is 1.27 bits per heavy atom. The first-order valence-electron chi connectivity index (χ1n) is 7.93. The predicted molar refractivity (Wildman–Crippen MR) is 84.7 cm³/mol. The van der Waals surface area contributed by atoms with E-state index in [4.69, 9.17) is 15.2 Å². The van der Waals surface area contributed by atoms with E-state index in [2.05, 4.69) is 9.80 Å². The summed E-state index contributed by atoms with van der Waals surface area (Å²) in [5.41, 5.74) is 8.57. The van der Waals surface area contributed by atoms with Crippen molar-refractivity contribution in [2.75, 3.05) is 58.3 Å². The summed E-state index contributed by atoms with van der Waals surface area (Å²) in [6.07, 6.45) is 0. The lowest BCUT2D eigenvalue weighted by atomic mass is 10.1. The molecule has 2 saturated heterocycles. The molecule has 0 spiro atoms. The van der Waals surface area contributed by atoms with E-state index in [0.29, 0.717) is 11.4 Å². The molecular weight excluding hydrogens is 282 g/mol. The molecule has 3 N–H and O–H groups in total. The Kier molecular flexibility index (Phi) is 5.15. The second-order valence-corrected chi connectivity index (χ2v) is 5.96. The van der Waals surface area contributed by atoms with Gasteiger partial charge in [-0.05, 0) is 12.1 Å². The number of morpholine rings is 2. The lowest BCUT2D eigenvalue weighted by Gasteiger charge is -2.29. The molecule has 6 heteroatoms. The largest absolute Gasteiger partial charge is 0.507 e. The highest BCUT2D eigenvalue weighted by molar-refractivity contribution is 5.52. The van der Waals surface area contributed by atoms with E-state index >= 15 is 0 Å². The Labute approximate surface area is 131 Å². The SMILES string of the molecule is Nc1cc(CN2CCOCC2)c(O)c(CN2CCOCC2)c1. The average molecular weight is 307 g/mol. The molecule has 0 unspecified atom stereocenters. The van der Waals surface area contributed by atoms with Crippen LogP contribution in [0.4, 0.5) is 5.69 Å². The van der Waals surface area contributed by atoms with E-state index in [1.165, 1.54) is 0 Å². The summed E-state index contributed by atoms with van der Waals surface area (Å²) in [6, 6.07) is 3.77. The fourth-order valence-corrected chi connectivity index (χ4v) is 3.03. The zero-order valence-electron chi connectivity index (χ0n) is 13.0. The topological polar surface area (TPSA) is 71.2 Å². The van der Waals surface area contributed by atoms with Crippen molar-refractivity contribution < 1.29 is 14.6 Å². The Morgan fingerprint density at radius 3 is 1.68 bits per heavy atom. The zero-order chi connectivity index (χ0) is 15.4. The van der Waals surface area contributed by atoms with Crippen LogP contribution in [-0.2, 0) is 22.6 Å². The lowest BCUT2D eigenvalue weighted by molar-refractivity contribution is 0.0328. The van der Waals surface area contributed by atoms with Crippen molar-refractivity contribution in [3.05, 3.63) is 23.3 Å². The van der Waals surface area contributed by atoms with E-state index in [1.807, 2.05) is 12.1 Å². The zero-order valence-corrected chi connectivity index (χ0v) is 13.0. The molecule has 2 heterocycles. The number of nitrogen functional groups attached to an aromatic ring is 1. The van der Waals surface area contributed by atoms with Crippen LogP contribution in [0.5, 0.6) is 5.75 Å². The standard InChI is InChI=1S/C16H25N3O3/c17-15-9-13(11-18-1-5-21-6-2-18)16(20)14(10-15)12-19-3-7-22-8-4-19/h9-10,20H,1-8,11-12,17H2. The molecule has 0 atom stereocenters. The van der Waals surface area contributed by atoms with Crippen LogP contribution in [0.2, 0.25) is 0 Å². The maximum Gasteiger partial charge on any atom is 0.124 e. The van der Waals surface area contributed by atoms with Crippen LogP contribution in [0.25, 0.3) is 0 Å². The number of ether oxygens (including phenoxy) is 2. The molecule has 2 fully saturated rings.